The average molecular weight is 373 g/mol. The minimum atomic E-state index is -3.71. The molecular formula is C16H19N7O2S. The van der Waals surface area contributed by atoms with Crippen molar-refractivity contribution >= 4 is 33.1 Å². The second kappa shape index (κ2) is 6.54. The number of nitrogens with one attached hydrogen (secondary N) is 2. The molecule has 0 bridgehead atoms. The molecule has 4 rings (SSSR count). The molecule has 1 fully saturated rings. The van der Waals surface area contributed by atoms with E-state index in [0.717, 1.165) is 18.7 Å². The van der Waals surface area contributed by atoms with E-state index in [0.29, 0.717) is 23.3 Å². The summed E-state index contributed by atoms with van der Waals surface area (Å²) in [7, 11) is -3.71. The fourth-order valence-electron chi connectivity index (χ4n) is 3.13. The summed E-state index contributed by atoms with van der Waals surface area (Å²) in [6.07, 6.45) is 6.17. The monoisotopic (exact) mass is 373 g/mol. The fraction of sp³-hybridized carbons (Fsp3) is 0.312. The van der Waals surface area contributed by atoms with Crippen LogP contribution in [-0.4, -0.2) is 34.0 Å². The molecule has 1 aliphatic rings. The number of aromatic nitrogens is 4. The minimum absolute atomic E-state index is 0.0623. The molecule has 9 nitrogen and oxygen atoms in total. The van der Waals surface area contributed by atoms with E-state index in [1.54, 1.807) is 16.6 Å². The van der Waals surface area contributed by atoms with Gasteiger partial charge < -0.3 is 10.6 Å². The van der Waals surface area contributed by atoms with E-state index in [1.165, 1.54) is 31.3 Å². The summed E-state index contributed by atoms with van der Waals surface area (Å²) in [5, 5.41) is 16.0. The fourth-order valence-corrected chi connectivity index (χ4v) is 3.65. The highest BCUT2D eigenvalue weighted by Crippen LogP contribution is 2.25. The molecule has 0 amide bonds. The Hall–Kier alpha value is -2.72. The van der Waals surface area contributed by atoms with Crippen LogP contribution in [0.5, 0.6) is 0 Å². The number of primary sulfonamides is 1. The van der Waals surface area contributed by atoms with Crippen molar-refractivity contribution in [2.75, 3.05) is 10.6 Å². The lowest BCUT2D eigenvalue weighted by atomic mass is 10.2. The SMILES string of the molecule is NS(=O)(=O)c1ccc(Nc2cc(NC3CCCC3)nc3ncnn23)cc1. The molecule has 2 aromatic heterocycles. The number of nitrogens with two attached hydrogens (primary N) is 1. The molecular weight excluding hydrogens is 354 g/mol. The van der Waals surface area contributed by atoms with E-state index in [-0.39, 0.29) is 4.90 Å². The first-order chi connectivity index (χ1) is 12.5. The van der Waals surface area contributed by atoms with Crippen LogP contribution in [0.2, 0.25) is 0 Å². The molecule has 2 heterocycles. The summed E-state index contributed by atoms with van der Waals surface area (Å²) >= 11 is 0. The van der Waals surface area contributed by atoms with Gasteiger partial charge in [0.05, 0.1) is 4.90 Å². The number of benzene rings is 1. The first-order valence-electron chi connectivity index (χ1n) is 8.36. The van der Waals surface area contributed by atoms with Gasteiger partial charge in [0.2, 0.25) is 10.0 Å². The number of fused-ring (bicyclic) bond motifs is 1. The molecule has 4 N–H and O–H groups in total. The van der Waals surface area contributed by atoms with Gasteiger partial charge in [-0.25, -0.2) is 13.6 Å². The van der Waals surface area contributed by atoms with Crippen LogP contribution >= 0.6 is 0 Å². The number of rotatable bonds is 5. The normalized spacial score (nSPS) is 15.4. The molecule has 0 radical (unpaired) electrons. The van der Waals surface area contributed by atoms with Crippen LogP contribution in [0.1, 0.15) is 25.7 Å². The Balaban J connectivity index is 1.63. The number of sulfonamides is 1. The Morgan fingerprint density at radius 2 is 1.88 bits per heavy atom. The minimum Gasteiger partial charge on any atom is -0.367 e. The van der Waals surface area contributed by atoms with Crippen LogP contribution in [0.15, 0.2) is 41.6 Å². The summed E-state index contributed by atoms with van der Waals surface area (Å²) in [5.74, 6) is 1.90. The third-order valence-corrected chi connectivity index (χ3v) is 5.34. The van der Waals surface area contributed by atoms with Crippen LogP contribution in [0.3, 0.4) is 0 Å². The van der Waals surface area contributed by atoms with E-state index in [4.69, 9.17) is 5.14 Å². The third kappa shape index (κ3) is 3.46. The molecule has 0 atom stereocenters. The number of nitrogens with zero attached hydrogens (tertiary/aromatic N) is 4. The Bertz CT molecular complexity index is 1020. The van der Waals surface area contributed by atoms with Gasteiger partial charge in [-0.15, -0.1) is 0 Å². The van der Waals surface area contributed by atoms with Gasteiger partial charge in [-0.1, -0.05) is 12.8 Å². The van der Waals surface area contributed by atoms with Gasteiger partial charge in [-0.05, 0) is 37.1 Å². The van der Waals surface area contributed by atoms with Gasteiger partial charge in [-0.2, -0.15) is 19.6 Å². The van der Waals surface area contributed by atoms with Crippen LogP contribution in [0, 0.1) is 0 Å². The van der Waals surface area contributed by atoms with Crippen molar-refractivity contribution in [3.05, 3.63) is 36.7 Å². The lowest BCUT2D eigenvalue weighted by Gasteiger charge is -2.15. The first kappa shape index (κ1) is 16.7. The predicted octanol–water partition coefficient (Wildman–Crippen LogP) is 1.87. The molecule has 3 aromatic rings. The zero-order valence-electron chi connectivity index (χ0n) is 14.0. The second-order valence-corrected chi connectivity index (χ2v) is 7.88. The molecule has 0 saturated heterocycles. The highest BCUT2D eigenvalue weighted by molar-refractivity contribution is 7.89. The van der Waals surface area contributed by atoms with Crippen molar-refractivity contribution < 1.29 is 8.42 Å². The predicted molar refractivity (Wildman–Crippen MR) is 97.8 cm³/mol. The molecule has 10 heteroatoms. The zero-order valence-corrected chi connectivity index (χ0v) is 14.8. The quantitative estimate of drug-likeness (QED) is 0.623. The maximum atomic E-state index is 11.4. The van der Waals surface area contributed by atoms with E-state index < -0.39 is 10.0 Å². The smallest absolute Gasteiger partial charge is 0.256 e. The highest BCUT2D eigenvalue weighted by atomic mass is 32.2. The van der Waals surface area contributed by atoms with Gasteiger partial charge in [0.25, 0.3) is 5.78 Å². The van der Waals surface area contributed by atoms with Crippen molar-refractivity contribution in [1.82, 2.24) is 19.6 Å². The Labute approximate surface area is 150 Å². The molecule has 136 valence electrons. The largest absolute Gasteiger partial charge is 0.367 e. The van der Waals surface area contributed by atoms with Gasteiger partial charge in [0, 0.05) is 17.8 Å². The summed E-state index contributed by atoms with van der Waals surface area (Å²) < 4.78 is 24.3. The first-order valence-corrected chi connectivity index (χ1v) is 9.91. The van der Waals surface area contributed by atoms with Gasteiger partial charge in [-0.3, -0.25) is 0 Å². The molecule has 1 saturated carbocycles. The van der Waals surface area contributed by atoms with Crippen LogP contribution in [0.25, 0.3) is 5.78 Å². The molecule has 0 spiro atoms. The highest BCUT2D eigenvalue weighted by Gasteiger charge is 2.16. The molecule has 1 aromatic carbocycles. The zero-order chi connectivity index (χ0) is 18.1. The standard InChI is InChI=1S/C16H19N7O2S/c17-26(24,25)13-7-5-12(6-8-13)21-15-9-14(20-11-3-1-2-4-11)22-16-18-10-19-23(15)16/h5-11,21H,1-4H2,(H2,17,24,25)(H,18,19,20,22). The van der Waals surface area contributed by atoms with Crippen LogP contribution < -0.4 is 15.8 Å². The van der Waals surface area contributed by atoms with Gasteiger partial charge in [0.1, 0.15) is 18.0 Å². The van der Waals surface area contributed by atoms with Crippen molar-refractivity contribution in [2.24, 2.45) is 5.14 Å². The van der Waals surface area contributed by atoms with Gasteiger partial charge >= 0.3 is 0 Å². The Kier molecular flexibility index (Phi) is 4.21. The van der Waals surface area contributed by atoms with Crippen molar-refractivity contribution in [1.29, 1.82) is 0 Å². The van der Waals surface area contributed by atoms with E-state index in [9.17, 15) is 8.42 Å². The van der Waals surface area contributed by atoms with Crippen LogP contribution in [-0.2, 0) is 10.0 Å². The van der Waals surface area contributed by atoms with Crippen LogP contribution in [0.4, 0.5) is 17.3 Å². The number of anilines is 3. The second-order valence-electron chi connectivity index (χ2n) is 6.32. The summed E-state index contributed by atoms with van der Waals surface area (Å²) in [6, 6.07) is 8.49. The van der Waals surface area contributed by atoms with Crippen molar-refractivity contribution in [3.8, 4) is 0 Å². The van der Waals surface area contributed by atoms with Crippen molar-refractivity contribution in [3.63, 3.8) is 0 Å². The summed E-state index contributed by atoms with van der Waals surface area (Å²) in [4.78, 5) is 8.72. The maximum Gasteiger partial charge on any atom is 0.256 e. The lowest BCUT2D eigenvalue weighted by molar-refractivity contribution is 0.598. The van der Waals surface area contributed by atoms with E-state index in [2.05, 4.69) is 25.7 Å². The van der Waals surface area contributed by atoms with E-state index >= 15 is 0 Å². The topological polar surface area (TPSA) is 127 Å². The Morgan fingerprint density at radius 3 is 2.58 bits per heavy atom. The number of hydrogen-bond acceptors (Lipinski definition) is 7. The van der Waals surface area contributed by atoms with E-state index in [1.807, 2.05) is 6.07 Å². The summed E-state index contributed by atoms with van der Waals surface area (Å²) in [5.41, 5.74) is 0.701. The molecule has 0 aliphatic heterocycles. The molecule has 0 unspecified atom stereocenters. The molecule has 26 heavy (non-hydrogen) atoms. The van der Waals surface area contributed by atoms with Crippen molar-refractivity contribution in [2.45, 2.75) is 36.6 Å². The van der Waals surface area contributed by atoms with Gasteiger partial charge in [0.15, 0.2) is 0 Å². The summed E-state index contributed by atoms with van der Waals surface area (Å²) in [6.45, 7) is 0. The lowest BCUT2D eigenvalue weighted by Crippen LogP contribution is -2.16. The molecule has 1 aliphatic carbocycles. The maximum absolute atomic E-state index is 11.4. The number of hydrogen-bond donors (Lipinski definition) is 3. The third-order valence-electron chi connectivity index (χ3n) is 4.41. The Morgan fingerprint density at radius 1 is 1.15 bits per heavy atom. The average Bonchev–Trinajstić information content (AvgIpc) is 3.26.